The highest BCUT2D eigenvalue weighted by Crippen LogP contribution is 2.35. The zero-order valence-corrected chi connectivity index (χ0v) is 12.6. The summed E-state index contributed by atoms with van der Waals surface area (Å²) in [6.07, 6.45) is 1.57. The first-order valence-electron chi connectivity index (χ1n) is 7.86. The average molecular weight is 281 g/mol. The first-order chi connectivity index (χ1) is 10.3. The summed E-state index contributed by atoms with van der Waals surface area (Å²) in [4.78, 5) is 2.42. The molecule has 0 radical (unpaired) electrons. The van der Waals surface area contributed by atoms with Crippen LogP contribution in [0.5, 0.6) is 0 Å². The number of hydrogen-bond donors (Lipinski definition) is 1. The summed E-state index contributed by atoms with van der Waals surface area (Å²) < 4.78 is 0. The van der Waals surface area contributed by atoms with E-state index in [0.29, 0.717) is 5.92 Å². The highest BCUT2D eigenvalue weighted by molar-refractivity contribution is 5.56. The molecule has 3 rings (SSSR count). The zero-order valence-electron chi connectivity index (χ0n) is 12.6. The Bertz CT molecular complexity index is 581. The minimum absolute atomic E-state index is 0.364. The molecule has 1 aliphatic rings. The third kappa shape index (κ3) is 2.96. The average Bonchev–Trinajstić information content (AvgIpc) is 3.05. The van der Waals surface area contributed by atoms with Gasteiger partial charge in [-0.05, 0) is 24.5 Å². The topological polar surface area (TPSA) is 23.5 Å². The van der Waals surface area contributed by atoms with Crippen LogP contribution >= 0.6 is 0 Å². The molecule has 2 aromatic carbocycles. The van der Waals surface area contributed by atoms with Crippen molar-refractivity contribution in [3.8, 4) is 0 Å². The fraction of sp³-hybridized carbons (Fsp3) is 0.368. The van der Waals surface area contributed by atoms with Crippen molar-refractivity contribution in [2.24, 2.45) is 0 Å². The Hall–Kier alpha value is -1.80. The highest BCUT2D eigenvalue weighted by atomic mass is 16.3. The summed E-state index contributed by atoms with van der Waals surface area (Å²) in [5.41, 5.74) is 3.69. The van der Waals surface area contributed by atoms with Gasteiger partial charge in [0.1, 0.15) is 0 Å². The zero-order chi connectivity index (χ0) is 14.7. The summed E-state index contributed by atoms with van der Waals surface area (Å²) in [6.45, 7) is 4.13. The number of benzene rings is 2. The molecule has 21 heavy (non-hydrogen) atoms. The summed E-state index contributed by atoms with van der Waals surface area (Å²) in [6, 6.07) is 19.0. The number of para-hydroxylation sites is 1. The molecule has 0 spiro atoms. The van der Waals surface area contributed by atoms with E-state index in [9.17, 15) is 5.11 Å². The molecule has 1 unspecified atom stereocenters. The SMILES string of the molecule is CC[C@H](O)c1ccccc1N1CCC(c2ccccc2)C1. The lowest BCUT2D eigenvalue weighted by Gasteiger charge is -2.24. The number of nitrogens with zero attached hydrogens (tertiary/aromatic N) is 1. The minimum atomic E-state index is -0.364. The molecule has 2 aromatic rings. The van der Waals surface area contributed by atoms with Crippen LogP contribution in [0.3, 0.4) is 0 Å². The second-order valence-electron chi connectivity index (χ2n) is 5.83. The van der Waals surface area contributed by atoms with E-state index in [2.05, 4.69) is 53.4 Å². The molecular weight excluding hydrogens is 258 g/mol. The van der Waals surface area contributed by atoms with E-state index >= 15 is 0 Å². The van der Waals surface area contributed by atoms with Crippen LogP contribution in [0, 0.1) is 0 Å². The van der Waals surface area contributed by atoms with Crippen molar-refractivity contribution in [1.29, 1.82) is 0 Å². The Morgan fingerprint density at radius 3 is 2.57 bits per heavy atom. The van der Waals surface area contributed by atoms with Gasteiger partial charge >= 0.3 is 0 Å². The smallest absolute Gasteiger partial charge is 0.0807 e. The molecule has 2 nitrogen and oxygen atoms in total. The largest absolute Gasteiger partial charge is 0.388 e. The third-order valence-corrected chi connectivity index (χ3v) is 4.48. The van der Waals surface area contributed by atoms with Crippen molar-refractivity contribution >= 4 is 5.69 Å². The van der Waals surface area contributed by atoms with E-state index in [-0.39, 0.29) is 6.10 Å². The van der Waals surface area contributed by atoms with Crippen molar-refractivity contribution < 1.29 is 5.11 Å². The molecule has 110 valence electrons. The Balaban J connectivity index is 1.81. The number of aliphatic hydroxyl groups is 1. The summed E-state index contributed by atoms with van der Waals surface area (Å²) in [7, 11) is 0. The summed E-state index contributed by atoms with van der Waals surface area (Å²) >= 11 is 0. The Labute approximate surface area is 127 Å². The van der Waals surface area contributed by atoms with Crippen LogP contribution in [-0.4, -0.2) is 18.2 Å². The van der Waals surface area contributed by atoms with Gasteiger partial charge in [-0.2, -0.15) is 0 Å². The van der Waals surface area contributed by atoms with Gasteiger partial charge in [0.15, 0.2) is 0 Å². The van der Waals surface area contributed by atoms with E-state index < -0.39 is 0 Å². The third-order valence-electron chi connectivity index (χ3n) is 4.48. The molecular formula is C19H23NO. The number of hydrogen-bond acceptors (Lipinski definition) is 2. The van der Waals surface area contributed by atoms with Crippen molar-refractivity contribution in [1.82, 2.24) is 0 Å². The second kappa shape index (κ2) is 6.31. The first kappa shape index (κ1) is 14.2. The Kier molecular flexibility index (Phi) is 4.26. The highest BCUT2D eigenvalue weighted by Gasteiger charge is 2.26. The van der Waals surface area contributed by atoms with Crippen LogP contribution in [0.2, 0.25) is 0 Å². The minimum Gasteiger partial charge on any atom is -0.388 e. The Morgan fingerprint density at radius 1 is 1.10 bits per heavy atom. The molecule has 2 atom stereocenters. The van der Waals surface area contributed by atoms with Crippen molar-refractivity contribution in [3.05, 3.63) is 65.7 Å². The maximum absolute atomic E-state index is 10.2. The van der Waals surface area contributed by atoms with Gasteiger partial charge in [0.2, 0.25) is 0 Å². The molecule has 2 heteroatoms. The van der Waals surface area contributed by atoms with Crippen LogP contribution in [-0.2, 0) is 0 Å². The standard InChI is InChI=1S/C19H23NO/c1-2-19(21)17-10-6-7-11-18(17)20-13-12-16(14-20)15-8-4-3-5-9-15/h3-11,16,19,21H,2,12-14H2,1H3/t16?,19-/m0/s1. The van der Waals surface area contributed by atoms with E-state index in [0.717, 1.165) is 25.1 Å². The van der Waals surface area contributed by atoms with Gasteiger partial charge in [-0.25, -0.2) is 0 Å². The molecule has 1 heterocycles. The lowest BCUT2D eigenvalue weighted by molar-refractivity contribution is 0.174. The number of anilines is 1. The Morgan fingerprint density at radius 2 is 1.81 bits per heavy atom. The van der Waals surface area contributed by atoms with Gasteiger partial charge < -0.3 is 10.0 Å². The second-order valence-corrected chi connectivity index (χ2v) is 5.83. The number of aliphatic hydroxyl groups excluding tert-OH is 1. The summed E-state index contributed by atoms with van der Waals surface area (Å²) in [5.74, 6) is 0.595. The molecule has 1 fully saturated rings. The van der Waals surface area contributed by atoms with E-state index in [1.807, 2.05) is 13.0 Å². The van der Waals surface area contributed by atoms with Gasteiger partial charge in [0, 0.05) is 30.3 Å². The van der Waals surface area contributed by atoms with Crippen LogP contribution in [0.1, 0.15) is 42.9 Å². The molecule has 0 saturated carbocycles. The van der Waals surface area contributed by atoms with Crippen molar-refractivity contribution in [2.75, 3.05) is 18.0 Å². The predicted octanol–water partition coefficient (Wildman–Crippen LogP) is 4.12. The van der Waals surface area contributed by atoms with Crippen LogP contribution in [0.15, 0.2) is 54.6 Å². The fourth-order valence-electron chi connectivity index (χ4n) is 3.25. The maximum atomic E-state index is 10.2. The van der Waals surface area contributed by atoms with Gasteiger partial charge in [0.25, 0.3) is 0 Å². The van der Waals surface area contributed by atoms with Gasteiger partial charge in [-0.15, -0.1) is 0 Å². The quantitative estimate of drug-likeness (QED) is 0.911. The first-order valence-corrected chi connectivity index (χ1v) is 7.86. The molecule has 0 bridgehead atoms. The maximum Gasteiger partial charge on any atom is 0.0807 e. The van der Waals surface area contributed by atoms with E-state index in [1.165, 1.54) is 17.7 Å². The van der Waals surface area contributed by atoms with E-state index in [1.54, 1.807) is 0 Å². The van der Waals surface area contributed by atoms with Gasteiger partial charge in [-0.1, -0.05) is 55.5 Å². The van der Waals surface area contributed by atoms with Crippen LogP contribution < -0.4 is 4.90 Å². The fourth-order valence-corrected chi connectivity index (χ4v) is 3.25. The van der Waals surface area contributed by atoms with Gasteiger partial charge in [-0.3, -0.25) is 0 Å². The lowest BCUT2D eigenvalue weighted by atomic mass is 9.99. The monoisotopic (exact) mass is 281 g/mol. The molecule has 0 aliphatic carbocycles. The molecule has 0 amide bonds. The van der Waals surface area contributed by atoms with Crippen molar-refractivity contribution in [2.45, 2.75) is 31.8 Å². The van der Waals surface area contributed by atoms with Gasteiger partial charge in [0.05, 0.1) is 6.10 Å². The molecule has 1 aliphatic heterocycles. The molecule has 0 aromatic heterocycles. The summed E-state index contributed by atoms with van der Waals surface area (Å²) in [5, 5.41) is 10.2. The normalized spacial score (nSPS) is 19.7. The van der Waals surface area contributed by atoms with E-state index in [4.69, 9.17) is 0 Å². The number of rotatable bonds is 4. The van der Waals surface area contributed by atoms with Crippen molar-refractivity contribution in [3.63, 3.8) is 0 Å². The predicted molar refractivity (Wildman–Crippen MR) is 87.7 cm³/mol. The molecule has 1 saturated heterocycles. The lowest BCUT2D eigenvalue weighted by Crippen LogP contribution is -2.21. The van der Waals surface area contributed by atoms with Crippen LogP contribution in [0.25, 0.3) is 0 Å². The van der Waals surface area contributed by atoms with Crippen LogP contribution in [0.4, 0.5) is 5.69 Å². The molecule has 1 N–H and O–H groups in total.